The van der Waals surface area contributed by atoms with Gasteiger partial charge < -0.3 is 119 Å². The van der Waals surface area contributed by atoms with Crippen molar-refractivity contribution in [3.8, 4) is 0 Å². The number of carbonyl (C=O) groups is 1. The smallest absolute Gasteiger partial charge is 0.315 e. The standard InChI is InChI=1S/C57H90O25/c1-23-10-15-57(52(72)82-50-43(70)39(66)37(64)30(78-50)22-75-47-44(71)40(67)45(29(19-58)77-47)80-49-42(69)38(65)34(61)24(2)76-49)17-16-55(6)25(26(57)18-23)8-9-32-54(5)13-12-33(53(3,4)31(54)11-14-56(32,55)7)79-51-46(36(63)28(60)21-74-51)81-48-41(68)35(62)27(59)20-73-48/h8,24,26-51,58-71H,1,9-22H2,2-7H3/t24-,26-,27+,28-,29+,30+,31-,32+,33-,34-,35-,36-,37+,38+,39-,40+,41+,42+,43+,44+,45+,46+,47+,48-,49-,50-,51-,54-,55+,56+,57-/m0/s1. The fourth-order valence-electron chi connectivity index (χ4n) is 16.9. The zero-order chi connectivity index (χ0) is 59.5. The van der Waals surface area contributed by atoms with E-state index in [2.05, 4.69) is 47.3 Å². The number of aliphatic hydroxyl groups is 14. The van der Waals surface area contributed by atoms with E-state index in [1.165, 1.54) is 12.5 Å². The maximum absolute atomic E-state index is 15.1. The minimum absolute atomic E-state index is 0.164. The minimum atomic E-state index is -1.89. The van der Waals surface area contributed by atoms with Crippen LogP contribution in [0.1, 0.15) is 106 Å². The molecule has 25 nitrogen and oxygen atoms in total. The molecule has 5 aliphatic carbocycles. The summed E-state index contributed by atoms with van der Waals surface area (Å²) in [6, 6.07) is 0. The highest BCUT2D eigenvalue weighted by molar-refractivity contribution is 5.79. The van der Waals surface area contributed by atoms with Gasteiger partial charge >= 0.3 is 5.97 Å². The number of aliphatic hydroxyl groups excluding tert-OH is 14. The maximum atomic E-state index is 15.1. The van der Waals surface area contributed by atoms with E-state index in [9.17, 15) is 71.5 Å². The molecule has 82 heavy (non-hydrogen) atoms. The molecule has 31 atom stereocenters. The molecule has 0 amide bonds. The van der Waals surface area contributed by atoms with Crippen molar-refractivity contribution in [2.24, 2.45) is 44.8 Å². The molecule has 0 radical (unpaired) electrons. The quantitative estimate of drug-likeness (QED) is 0.0551. The molecule has 25 heteroatoms. The average Bonchev–Trinajstić information content (AvgIpc) is 0.756. The molecular weight excluding hydrogens is 1080 g/mol. The zero-order valence-corrected chi connectivity index (χ0v) is 47.5. The Kier molecular flexibility index (Phi) is 18.1. The predicted molar refractivity (Wildman–Crippen MR) is 277 cm³/mol. The van der Waals surface area contributed by atoms with Crippen LogP contribution < -0.4 is 0 Å². The van der Waals surface area contributed by atoms with Crippen LogP contribution in [0.25, 0.3) is 0 Å². The second kappa shape index (κ2) is 23.5. The van der Waals surface area contributed by atoms with E-state index in [0.29, 0.717) is 38.5 Å². The summed E-state index contributed by atoms with van der Waals surface area (Å²) in [7, 11) is 0. The van der Waals surface area contributed by atoms with Crippen molar-refractivity contribution < 1.29 is 124 Å². The van der Waals surface area contributed by atoms with E-state index in [4.69, 9.17) is 47.4 Å². The fraction of sp³-hybridized carbons (Fsp3) is 0.912. The normalized spacial score (nSPS) is 54.1. The SMILES string of the molecule is C=C1CC[C@]2(C(=O)O[C@@H]3O[C@H](CO[C@@H]4O[C@H](CO)[C@@H](O[C@@H]5O[C@@H](C)[C@H](O)[C@@H](O)[C@H]5O)[C@H](O)[C@H]4O)[C@@H](O)[C@H](O)[C@H]3O)CC[C@]3(C)C(=CC[C@@H]4[C@@]5(C)CC[C@H](O[C@@H]6OC[C@H](O)[C@H](O)[C@H]6O[C@@H]6OC[C@@H](O)[C@H](O)[C@H]6O)C(C)(C)[C@@H]5CC[C@]43C)[C@@H]2C1. The van der Waals surface area contributed by atoms with Gasteiger partial charge in [-0.25, -0.2) is 0 Å². The number of esters is 1. The Morgan fingerprint density at radius 2 is 1.23 bits per heavy atom. The average molecular weight is 1180 g/mol. The molecule has 0 spiro atoms. The Morgan fingerprint density at radius 3 is 1.94 bits per heavy atom. The van der Waals surface area contributed by atoms with Crippen molar-refractivity contribution in [1.82, 2.24) is 0 Å². The maximum Gasteiger partial charge on any atom is 0.315 e. The highest BCUT2D eigenvalue weighted by Crippen LogP contribution is 2.75. The Hall–Kier alpha value is -1.97. The summed E-state index contributed by atoms with van der Waals surface area (Å²) in [6.07, 6.45) is -27.5. The lowest BCUT2D eigenvalue weighted by molar-refractivity contribution is -0.361. The zero-order valence-electron chi connectivity index (χ0n) is 47.5. The van der Waals surface area contributed by atoms with Gasteiger partial charge in [-0.15, -0.1) is 0 Å². The summed E-state index contributed by atoms with van der Waals surface area (Å²) in [5.41, 5.74) is -0.101. The molecule has 0 aromatic carbocycles. The van der Waals surface area contributed by atoms with Crippen molar-refractivity contribution in [1.29, 1.82) is 0 Å². The first-order chi connectivity index (χ1) is 38.5. The predicted octanol–water partition coefficient (Wildman–Crippen LogP) is -2.38. The van der Waals surface area contributed by atoms with Crippen LogP contribution in [0.3, 0.4) is 0 Å². The molecule has 5 heterocycles. The summed E-state index contributed by atoms with van der Waals surface area (Å²) in [4.78, 5) is 15.1. The molecule has 0 aromatic heterocycles. The first-order valence-electron chi connectivity index (χ1n) is 29.4. The van der Waals surface area contributed by atoms with Gasteiger partial charge in [0.25, 0.3) is 0 Å². The molecule has 4 saturated carbocycles. The molecule has 14 N–H and O–H groups in total. The number of fused-ring (bicyclic) bond motifs is 7. The molecule has 0 aromatic rings. The van der Waals surface area contributed by atoms with Crippen molar-refractivity contribution in [3.05, 3.63) is 23.8 Å². The van der Waals surface area contributed by atoms with E-state index in [1.54, 1.807) is 0 Å². The van der Waals surface area contributed by atoms with Gasteiger partial charge in [0, 0.05) is 5.92 Å². The summed E-state index contributed by atoms with van der Waals surface area (Å²) in [6.45, 7) is 15.4. The summed E-state index contributed by atoms with van der Waals surface area (Å²) in [5.74, 6) is -0.565. The van der Waals surface area contributed by atoms with Crippen LogP contribution in [-0.2, 0) is 52.2 Å². The molecule has 0 unspecified atom stereocenters. The Balaban J connectivity index is 0.814. The van der Waals surface area contributed by atoms with Gasteiger partial charge in [0.05, 0.1) is 44.1 Å². The highest BCUT2D eigenvalue weighted by atomic mass is 16.8. The Bertz CT molecular complexity index is 2310. The van der Waals surface area contributed by atoms with Gasteiger partial charge in [0.15, 0.2) is 25.2 Å². The number of ether oxygens (including phenoxy) is 10. The number of carbonyl (C=O) groups excluding carboxylic acids is 1. The third-order valence-electron chi connectivity index (χ3n) is 22.1. The van der Waals surface area contributed by atoms with Crippen LogP contribution in [0.2, 0.25) is 0 Å². The molecule has 5 aliphatic heterocycles. The Morgan fingerprint density at radius 1 is 0.610 bits per heavy atom. The van der Waals surface area contributed by atoms with Gasteiger partial charge in [0.1, 0.15) is 104 Å². The minimum Gasteiger partial charge on any atom is -0.432 e. The monoisotopic (exact) mass is 1170 g/mol. The molecule has 10 rings (SSSR count). The van der Waals surface area contributed by atoms with Crippen molar-refractivity contribution >= 4 is 5.97 Å². The summed E-state index contributed by atoms with van der Waals surface area (Å²) >= 11 is 0. The van der Waals surface area contributed by atoms with Gasteiger partial charge in [0.2, 0.25) is 6.29 Å². The van der Waals surface area contributed by atoms with Crippen molar-refractivity contribution in [2.75, 3.05) is 26.4 Å². The van der Waals surface area contributed by atoms with Gasteiger partial charge in [-0.1, -0.05) is 58.4 Å². The summed E-state index contributed by atoms with van der Waals surface area (Å²) in [5, 5.41) is 150. The molecule has 10 aliphatic rings. The molecule has 9 fully saturated rings. The Labute approximate surface area is 476 Å². The second-order valence-corrected chi connectivity index (χ2v) is 26.8. The summed E-state index contributed by atoms with van der Waals surface area (Å²) < 4.78 is 59.1. The van der Waals surface area contributed by atoms with Gasteiger partial charge in [-0.05, 0) is 105 Å². The van der Waals surface area contributed by atoms with Crippen molar-refractivity contribution in [2.45, 2.75) is 253 Å². The lowest BCUT2D eigenvalue weighted by Gasteiger charge is -2.71. The second-order valence-electron chi connectivity index (χ2n) is 26.8. The first-order valence-corrected chi connectivity index (χ1v) is 29.4. The number of allylic oxidation sites excluding steroid dienone is 3. The molecular formula is C57H90O25. The van der Waals surface area contributed by atoms with Crippen LogP contribution in [0.5, 0.6) is 0 Å². The van der Waals surface area contributed by atoms with E-state index in [-0.39, 0.29) is 53.3 Å². The molecule has 0 bridgehead atoms. The number of hydrogen-bond acceptors (Lipinski definition) is 25. The fourth-order valence-corrected chi connectivity index (χ4v) is 16.9. The van der Waals surface area contributed by atoms with Crippen LogP contribution >= 0.6 is 0 Å². The van der Waals surface area contributed by atoms with Crippen LogP contribution in [0, 0.1) is 44.8 Å². The third kappa shape index (κ3) is 10.5. The van der Waals surface area contributed by atoms with Crippen LogP contribution in [0.4, 0.5) is 0 Å². The lowest BCUT2D eigenvalue weighted by Crippen LogP contribution is -2.66. The van der Waals surface area contributed by atoms with Gasteiger partial charge in [-0.3, -0.25) is 4.79 Å². The van der Waals surface area contributed by atoms with Crippen molar-refractivity contribution in [3.63, 3.8) is 0 Å². The van der Waals surface area contributed by atoms with Gasteiger partial charge in [-0.2, -0.15) is 0 Å². The van der Waals surface area contributed by atoms with Crippen LogP contribution in [-0.4, -0.2) is 251 Å². The molecule has 468 valence electrons. The van der Waals surface area contributed by atoms with E-state index in [0.717, 1.165) is 31.3 Å². The number of rotatable bonds is 12. The van der Waals surface area contributed by atoms with E-state index >= 15 is 4.79 Å². The molecule has 5 saturated heterocycles. The van der Waals surface area contributed by atoms with E-state index < -0.39 is 171 Å². The topological polar surface area (TPSA) is 393 Å². The highest BCUT2D eigenvalue weighted by Gasteiger charge is 2.70. The first kappa shape index (κ1) is 63.1. The largest absolute Gasteiger partial charge is 0.432 e. The number of hydrogen-bond donors (Lipinski definition) is 14. The third-order valence-corrected chi connectivity index (χ3v) is 22.1. The van der Waals surface area contributed by atoms with Crippen LogP contribution in [0.15, 0.2) is 23.8 Å². The van der Waals surface area contributed by atoms with E-state index in [1.807, 2.05) is 0 Å². The lowest BCUT2D eigenvalue weighted by atomic mass is 9.34.